The first-order valence-corrected chi connectivity index (χ1v) is 5.87. The maximum absolute atomic E-state index is 11.4. The van der Waals surface area contributed by atoms with Crippen LogP contribution in [0.1, 0.15) is 10.5 Å². The van der Waals surface area contributed by atoms with Crippen molar-refractivity contribution in [2.24, 2.45) is 0 Å². The van der Waals surface area contributed by atoms with Gasteiger partial charge in [-0.3, -0.25) is 9.38 Å². The smallest absolute Gasteiger partial charge is 0.355 e. The fourth-order valence-electron chi connectivity index (χ4n) is 1.92. The number of fused-ring (bicyclic) bond motifs is 1. The summed E-state index contributed by atoms with van der Waals surface area (Å²) in [7, 11) is 0. The van der Waals surface area contributed by atoms with Crippen molar-refractivity contribution in [3.63, 3.8) is 0 Å². The number of carboxylic acids is 1. The van der Waals surface area contributed by atoms with Crippen LogP contribution in [0.4, 0.5) is 0 Å². The number of hydrogen-bond donors (Lipinski definition) is 1. The van der Waals surface area contributed by atoms with Gasteiger partial charge in [0.2, 0.25) is 0 Å². The molecule has 0 aromatic carbocycles. The molecule has 0 spiro atoms. The van der Waals surface area contributed by atoms with Crippen molar-refractivity contribution >= 4 is 23.2 Å². The van der Waals surface area contributed by atoms with Crippen molar-refractivity contribution in [2.75, 3.05) is 0 Å². The van der Waals surface area contributed by atoms with Gasteiger partial charge in [0.15, 0.2) is 11.3 Å². The molecule has 94 valence electrons. The third-order valence-corrected chi connectivity index (χ3v) is 3.01. The van der Waals surface area contributed by atoms with E-state index < -0.39 is 5.97 Å². The second-order valence-electron chi connectivity index (χ2n) is 3.88. The van der Waals surface area contributed by atoms with Gasteiger partial charge in [-0.15, -0.1) is 0 Å². The zero-order chi connectivity index (χ0) is 13.4. The lowest BCUT2D eigenvalue weighted by Crippen LogP contribution is -2.03. The molecule has 0 aliphatic heterocycles. The van der Waals surface area contributed by atoms with E-state index in [9.17, 15) is 9.90 Å². The van der Waals surface area contributed by atoms with E-state index in [2.05, 4.69) is 9.97 Å². The Balaban J connectivity index is 2.39. The molecule has 0 atom stereocenters. The van der Waals surface area contributed by atoms with Crippen molar-refractivity contribution in [3.05, 3.63) is 53.4 Å². The standard InChI is InChI=1S/C13H8ClN3O2/c14-8-4-3-7-17-11(13(18)19)10(16-12(8)17)9-5-1-2-6-15-9/h1-7H,(H,18,19). The highest BCUT2D eigenvalue weighted by Gasteiger charge is 2.21. The lowest BCUT2D eigenvalue weighted by atomic mass is 10.2. The predicted octanol–water partition coefficient (Wildman–Crippen LogP) is 2.75. The second kappa shape index (κ2) is 4.37. The normalized spacial score (nSPS) is 10.8. The molecule has 0 saturated carbocycles. The highest BCUT2D eigenvalue weighted by atomic mass is 35.5. The fraction of sp³-hybridized carbons (Fsp3) is 0. The average molecular weight is 274 g/mol. The number of aromatic nitrogens is 3. The first-order valence-electron chi connectivity index (χ1n) is 5.50. The summed E-state index contributed by atoms with van der Waals surface area (Å²) < 4.78 is 1.45. The van der Waals surface area contributed by atoms with Gasteiger partial charge in [0, 0.05) is 12.4 Å². The SMILES string of the molecule is O=C(O)c1c(-c2ccccn2)nc2c(Cl)cccn12. The van der Waals surface area contributed by atoms with Crippen molar-refractivity contribution < 1.29 is 9.90 Å². The number of hydrogen-bond acceptors (Lipinski definition) is 3. The van der Waals surface area contributed by atoms with Crippen LogP contribution in [0.25, 0.3) is 17.0 Å². The van der Waals surface area contributed by atoms with E-state index in [-0.39, 0.29) is 5.69 Å². The van der Waals surface area contributed by atoms with Crippen molar-refractivity contribution in [3.8, 4) is 11.4 Å². The van der Waals surface area contributed by atoms with Crippen LogP contribution < -0.4 is 0 Å². The minimum atomic E-state index is -1.07. The summed E-state index contributed by atoms with van der Waals surface area (Å²) in [6.07, 6.45) is 3.21. The number of halogens is 1. The summed E-state index contributed by atoms with van der Waals surface area (Å²) in [6, 6.07) is 8.58. The molecule has 3 aromatic heterocycles. The van der Waals surface area contributed by atoms with Crippen LogP contribution >= 0.6 is 11.6 Å². The van der Waals surface area contributed by atoms with Gasteiger partial charge in [0.1, 0.15) is 5.69 Å². The molecule has 0 aliphatic carbocycles. The molecular formula is C13H8ClN3O2. The highest BCUT2D eigenvalue weighted by molar-refractivity contribution is 6.33. The van der Waals surface area contributed by atoms with Gasteiger partial charge >= 0.3 is 5.97 Å². The Hall–Kier alpha value is -2.40. The molecule has 0 bridgehead atoms. The van der Waals surface area contributed by atoms with Gasteiger partial charge in [0.05, 0.1) is 10.7 Å². The van der Waals surface area contributed by atoms with Crippen molar-refractivity contribution in [1.29, 1.82) is 0 Å². The molecule has 3 rings (SSSR count). The molecule has 5 nitrogen and oxygen atoms in total. The molecular weight excluding hydrogens is 266 g/mol. The second-order valence-corrected chi connectivity index (χ2v) is 4.29. The number of aromatic carboxylic acids is 1. The molecule has 6 heteroatoms. The van der Waals surface area contributed by atoms with E-state index in [0.717, 1.165) is 0 Å². The van der Waals surface area contributed by atoms with Crippen LogP contribution in [0.15, 0.2) is 42.7 Å². The Morgan fingerprint density at radius 3 is 2.79 bits per heavy atom. The number of pyridine rings is 2. The Morgan fingerprint density at radius 2 is 2.11 bits per heavy atom. The molecule has 0 radical (unpaired) electrons. The zero-order valence-electron chi connectivity index (χ0n) is 9.62. The van der Waals surface area contributed by atoms with Gasteiger partial charge in [-0.25, -0.2) is 9.78 Å². The minimum absolute atomic E-state index is 0.0520. The van der Waals surface area contributed by atoms with Gasteiger partial charge < -0.3 is 5.11 Å². The molecule has 0 unspecified atom stereocenters. The maximum Gasteiger partial charge on any atom is 0.355 e. The van der Waals surface area contributed by atoms with E-state index in [4.69, 9.17) is 11.6 Å². The summed E-state index contributed by atoms with van der Waals surface area (Å²) in [5, 5.41) is 9.77. The van der Waals surface area contributed by atoms with Crippen LogP contribution in [0.5, 0.6) is 0 Å². The van der Waals surface area contributed by atoms with Crippen LogP contribution in [-0.2, 0) is 0 Å². The summed E-state index contributed by atoms with van der Waals surface area (Å²) in [5.74, 6) is -1.07. The first-order chi connectivity index (χ1) is 9.18. The zero-order valence-corrected chi connectivity index (χ0v) is 10.4. The highest BCUT2D eigenvalue weighted by Crippen LogP contribution is 2.26. The molecule has 19 heavy (non-hydrogen) atoms. The van der Waals surface area contributed by atoms with Crippen molar-refractivity contribution in [1.82, 2.24) is 14.4 Å². The number of carbonyl (C=O) groups is 1. The molecule has 3 heterocycles. The van der Waals surface area contributed by atoms with E-state index in [0.29, 0.717) is 22.1 Å². The number of rotatable bonds is 2. The molecule has 0 fully saturated rings. The molecule has 3 aromatic rings. The predicted molar refractivity (Wildman–Crippen MR) is 70.4 cm³/mol. The third-order valence-electron chi connectivity index (χ3n) is 2.71. The number of imidazole rings is 1. The summed E-state index contributed by atoms with van der Waals surface area (Å²) in [4.78, 5) is 19.9. The molecule has 0 saturated heterocycles. The van der Waals surface area contributed by atoms with Gasteiger partial charge in [-0.05, 0) is 24.3 Å². The van der Waals surface area contributed by atoms with E-state index in [1.165, 1.54) is 4.40 Å². The topological polar surface area (TPSA) is 67.5 Å². The number of carboxylic acid groups (broad SMARTS) is 1. The summed E-state index contributed by atoms with van der Waals surface area (Å²) in [5.41, 5.74) is 1.26. The summed E-state index contributed by atoms with van der Waals surface area (Å²) >= 11 is 6.04. The van der Waals surface area contributed by atoms with Crippen LogP contribution in [-0.4, -0.2) is 25.4 Å². The van der Waals surface area contributed by atoms with Crippen LogP contribution in [0, 0.1) is 0 Å². The Labute approximate surface area is 113 Å². The first kappa shape index (κ1) is 11.7. The molecule has 0 aliphatic rings. The lowest BCUT2D eigenvalue weighted by Gasteiger charge is -1.99. The number of nitrogens with zero attached hydrogens (tertiary/aromatic N) is 3. The van der Waals surface area contributed by atoms with E-state index in [1.54, 1.807) is 42.7 Å². The van der Waals surface area contributed by atoms with Gasteiger partial charge in [-0.2, -0.15) is 0 Å². The molecule has 1 N–H and O–H groups in total. The Kier molecular flexibility index (Phi) is 2.68. The van der Waals surface area contributed by atoms with Crippen LogP contribution in [0.2, 0.25) is 5.02 Å². The van der Waals surface area contributed by atoms with Gasteiger partial charge in [-0.1, -0.05) is 17.7 Å². The summed E-state index contributed by atoms with van der Waals surface area (Å²) in [6.45, 7) is 0. The third kappa shape index (κ3) is 1.84. The van der Waals surface area contributed by atoms with E-state index in [1.807, 2.05) is 0 Å². The Morgan fingerprint density at radius 1 is 1.26 bits per heavy atom. The van der Waals surface area contributed by atoms with E-state index >= 15 is 0 Å². The van der Waals surface area contributed by atoms with Crippen LogP contribution in [0.3, 0.4) is 0 Å². The van der Waals surface area contributed by atoms with Crippen molar-refractivity contribution in [2.45, 2.75) is 0 Å². The lowest BCUT2D eigenvalue weighted by molar-refractivity contribution is 0.0690. The minimum Gasteiger partial charge on any atom is -0.476 e. The molecule has 0 amide bonds. The quantitative estimate of drug-likeness (QED) is 0.779. The van der Waals surface area contributed by atoms with Gasteiger partial charge in [0.25, 0.3) is 0 Å². The monoisotopic (exact) mass is 273 g/mol. The Bertz CT molecular complexity index is 768. The average Bonchev–Trinajstić information content (AvgIpc) is 2.81. The largest absolute Gasteiger partial charge is 0.476 e. The maximum atomic E-state index is 11.4. The fourth-order valence-corrected chi connectivity index (χ4v) is 2.13.